The summed E-state index contributed by atoms with van der Waals surface area (Å²) in [5.74, 6) is 3.11. The highest BCUT2D eigenvalue weighted by Crippen LogP contribution is 2.61. The molecule has 1 atom stereocenters. The molecule has 0 aliphatic heterocycles. The quantitative estimate of drug-likeness (QED) is 0.856. The van der Waals surface area contributed by atoms with Gasteiger partial charge in [0.1, 0.15) is 0 Å². The van der Waals surface area contributed by atoms with Gasteiger partial charge >= 0.3 is 0 Å². The third kappa shape index (κ3) is 2.73. The van der Waals surface area contributed by atoms with Crippen LogP contribution < -0.4 is 5.32 Å². The first kappa shape index (κ1) is 14.7. The maximum atomic E-state index is 12.3. The van der Waals surface area contributed by atoms with E-state index in [2.05, 4.69) is 29.1 Å². The summed E-state index contributed by atoms with van der Waals surface area (Å²) in [6.07, 6.45) is 10.0. The van der Waals surface area contributed by atoms with Gasteiger partial charge in [-0.3, -0.25) is 4.79 Å². The van der Waals surface area contributed by atoms with E-state index in [0.717, 1.165) is 24.2 Å². The summed E-state index contributed by atoms with van der Waals surface area (Å²) < 4.78 is 0. The minimum Gasteiger partial charge on any atom is -0.353 e. The van der Waals surface area contributed by atoms with Crippen LogP contribution in [0.15, 0.2) is 16.8 Å². The lowest BCUT2D eigenvalue weighted by atomic mass is 9.48. The van der Waals surface area contributed by atoms with Gasteiger partial charge in [0.25, 0.3) is 0 Å². The molecule has 4 aliphatic rings. The molecule has 0 aromatic carbocycles. The van der Waals surface area contributed by atoms with Crippen LogP contribution >= 0.6 is 11.3 Å². The second-order valence-electron chi connectivity index (χ2n) is 8.20. The lowest BCUT2D eigenvalue weighted by Crippen LogP contribution is -2.55. The Balaban J connectivity index is 1.35. The van der Waals surface area contributed by atoms with E-state index < -0.39 is 0 Å². The minimum absolute atomic E-state index is 0.245. The zero-order valence-corrected chi connectivity index (χ0v) is 14.3. The minimum atomic E-state index is 0.245. The Bertz CT molecular complexity index is 500. The van der Waals surface area contributed by atoms with Crippen LogP contribution in [0, 0.1) is 23.2 Å². The monoisotopic (exact) mass is 317 g/mol. The Labute approximate surface area is 137 Å². The molecule has 1 N–H and O–H groups in total. The van der Waals surface area contributed by atoms with Gasteiger partial charge in [0.15, 0.2) is 0 Å². The van der Waals surface area contributed by atoms with Crippen molar-refractivity contribution in [1.82, 2.24) is 5.32 Å². The second kappa shape index (κ2) is 5.67. The van der Waals surface area contributed by atoms with Gasteiger partial charge < -0.3 is 5.32 Å². The lowest BCUT2D eigenvalue weighted by molar-refractivity contribution is -0.125. The highest BCUT2D eigenvalue weighted by molar-refractivity contribution is 7.07. The van der Waals surface area contributed by atoms with Gasteiger partial charge in [-0.15, -0.1) is 0 Å². The van der Waals surface area contributed by atoms with Crippen LogP contribution in [0.5, 0.6) is 0 Å². The first-order chi connectivity index (χ1) is 10.6. The summed E-state index contributed by atoms with van der Waals surface area (Å²) in [6, 6.07) is 2.48. The van der Waals surface area contributed by atoms with Gasteiger partial charge in [0.05, 0.1) is 0 Å². The van der Waals surface area contributed by atoms with E-state index in [1.807, 2.05) is 0 Å². The van der Waals surface area contributed by atoms with Crippen molar-refractivity contribution in [1.29, 1.82) is 0 Å². The Morgan fingerprint density at radius 2 is 1.91 bits per heavy atom. The number of amides is 1. The molecule has 2 nitrogen and oxygen atoms in total. The average molecular weight is 317 g/mol. The van der Waals surface area contributed by atoms with Gasteiger partial charge in [-0.2, -0.15) is 11.3 Å². The molecule has 0 saturated heterocycles. The summed E-state index contributed by atoms with van der Waals surface area (Å²) in [5.41, 5.74) is 1.72. The molecule has 0 unspecified atom stereocenters. The fraction of sp³-hybridized carbons (Fsp3) is 0.737. The molecule has 1 aromatic heterocycles. The fourth-order valence-electron chi connectivity index (χ4n) is 5.87. The van der Waals surface area contributed by atoms with Gasteiger partial charge in [-0.25, -0.2) is 0 Å². The van der Waals surface area contributed by atoms with E-state index in [-0.39, 0.29) is 5.91 Å². The van der Waals surface area contributed by atoms with Crippen molar-refractivity contribution >= 4 is 17.2 Å². The number of thiophene rings is 1. The molecule has 1 aromatic rings. The van der Waals surface area contributed by atoms with E-state index in [1.54, 1.807) is 11.3 Å². The summed E-state index contributed by atoms with van der Waals surface area (Å²) in [4.78, 5) is 12.3. The van der Waals surface area contributed by atoms with E-state index in [1.165, 1.54) is 44.1 Å². The molecule has 5 rings (SSSR count). The zero-order valence-electron chi connectivity index (χ0n) is 13.5. The van der Waals surface area contributed by atoms with Crippen molar-refractivity contribution in [3.05, 3.63) is 22.4 Å². The molecular formula is C19H27NOS. The molecule has 120 valence electrons. The number of hydrogen-bond acceptors (Lipinski definition) is 2. The summed E-state index contributed by atoms with van der Waals surface area (Å²) in [7, 11) is 0. The Hall–Kier alpha value is -0.830. The zero-order chi connectivity index (χ0) is 15.2. The molecule has 22 heavy (non-hydrogen) atoms. The number of aryl methyl sites for hydroxylation is 1. The van der Waals surface area contributed by atoms with Crippen LogP contribution in [-0.4, -0.2) is 11.9 Å². The van der Waals surface area contributed by atoms with Crippen LogP contribution in [0.1, 0.15) is 57.4 Å². The van der Waals surface area contributed by atoms with Crippen molar-refractivity contribution in [2.45, 2.75) is 64.3 Å². The maximum Gasteiger partial charge on any atom is 0.220 e. The van der Waals surface area contributed by atoms with E-state index in [0.29, 0.717) is 17.9 Å². The average Bonchev–Trinajstić information content (AvgIpc) is 2.97. The van der Waals surface area contributed by atoms with Crippen molar-refractivity contribution in [2.75, 3.05) is 0 Å². The molecule has 4 saturated carbocycles. The Morgan fingerprint density at radius 1 is 1.27 bits per heavy atom. The first-order valence-electron chi connectivity index (χ1n) is 8.93. The standard InChI is InChI=1S/C19H27NOS/c1-13(20-18(21)3-2-14-4-5-22-12-14)19-9-15-6-16(10-19)8-17(7-15)11-19/h4-5,12-13,15-17H,2-3,6-11H2,1H3,(H,20,21)/t13-,15?,16?,17?,19?/m0/s1. The van der Waals surface area contributed by atoms with Gasteiger partial charge in [0, 0.05) is 12.5 Å². The fourth-order valence-corrected chi connectivity index (χ4v) is 6.57. The van der Waals surface area contributed by atoms with Crippen LogP contribution in [0.2, 0.25) is 0 Å². The van der Waals surface area contributed by atoms with Gasteiger partial charge in [-0.05, 0) is 97.4 Å². The van der Waals surface area contributed by atoms with Crippen LogP contribution in [-0.2, 0) is 11.2 Å². The third-order valence-corrected chi connectivity index (χ3v) is 7.33. The normalized spacial score (nSPS) is 37.2. The molecule has 1 amide bonds. The molecule has 4 bridgehead atoms. The molecule has 0 spiro atoms. The molecule has 4 aliphatic carbocycles. The molecule has 1 heterocycles. The number of carbonyl (C=O) groups excluding carboxylic acids is 1. The highest BCUT2D eigenvalue weighted by atomic mass is 32.1. The maximum absolute atomic E-state index is 12.3. The molecule has 4 fully saturated rings. The van der Waals surface area contributed by atoms with E-state index >= 15 is 0 Å². The molecule has 3 heteroatoms. The number of rotatable bonds is 5. The third-order valence-electron chi connectivity index (χ3n) is 6.60. The van der Waals surface area contributed by atoms with Crippen molar-refractivity contribution < 1.29 is 4.79 Å². The largest absolute Gasteiger partial charge is 0.353 e. The Kier molecular flexibility index (Phi) is 3.80. The van der Waals surface area contributed by atoms with Crippen molar-refractivity contribution in [3.63, 3.8) is 0 Å². The molecular weight excluding hydrogens is 290 g/mol. The van der Waals surface area contributed by atoms with Crippen molar-refractivity contribution in [2.24, 2.45) is 23.2 Å². The van der Waals surface area contributed by atoms with E-state index in [9.17, 15) is 4.79 Å². The number of hydrogen-bond donors (Lipinski definition) is 1. The summed E-state index contributed by atoms with van der Waals surface area (Å²) >= 11 is 1.71. The van der Waals surface area contributed by atoms with Crippen LogP contribution in [0.25, 0.3) is 0 Å². The second-order valence-corrected chi connectivity index (χ2v) is 8.98. The topological polar surface area (TPSA) is 29.1 Å². The van der Waals surface area contributed by atoms with Gasteiger partial charge in [0.2, 0.25) is 5.91 Å². The SMILES string of the molecule is C[C@H](NC(=O)CCc1ccsc1)C12CC3CC(CC(C3)C1)C2. The van der Waals surface area contributed by atoms with E-state index in [4.69, 9.17) is 0 Å². The Morgan fingerprint density at radius 3 is 2.45 bits per heavy atom. The molecule has 0 radical (unpaired) electrons. The van der Waals surface area contributed by atoms with Crippen LogP contribution in [0.4, 0.5) is 0 Å². The van der Waals surface area contributed by atoms with Gasteiger partial charge in [-0.1, -0.05) is 0 Å². The lowest BCUT2D eigenvalue weighted by Gasteiger charge is -2.59. The highest BCUT2D eigenvalue weighted by Gasteiger charge is 2.53. The number of carbonyl (C=O) groups is 1. The first-order valence-corrected chi connectivity index (χ1v) is 9.88. The van der Waals surface area contributed by atoms with Crippen LogP contribution in [0.3, 0.4) is 0 Å². The van der Waals surface area contributed by atoms with Crippen molar-refractivity contribution in [3.8, 4) is 0 Å². The predicted octanol–water partition coefficient (Wildman–Crippen LogP) is 4.40. The number of nitrogens with one attached hydrogen (secondary N) is 1. The predicted molar refractivity (Wildman–Crippen MR) is 90.8 cm³/mol. The smallest absolute Gasteiger partial charge is 0.220 e. The summed E-state index contributed by atoms with van der Waals surface area (Å²) in [5, 5.41) is 7.60. The summed E-state index contributed by atoms with van der Waals surface area (Å²) in [6.45, 7) is 2.27.